The molecule has 0 saturated heterocycles. The summed E-state index contributed by atoms with van der Waals surface area (Å²) in [5, 5.41) is 0. The smallest absolute Gasteiger partial charge is 0.193 e. The molecule has 1 aliphatic rings. The summed E-state index contributed by atoms with van der Waals surface area (Å²) in [6.07, 6.45) is 1.43. The van der Waals surface area contributed by atoms with E-state index in [1.54, 1.807) is 24.3 Å². The van der Waals surface area contributed by atoms with Crippen molar-refractivity contribution in [3.8, 4) is 0 Å². The van der Waals surface area contributed by atoms with Gasteiger partial charge in [-0.2, -0.15) is 0 Å². The van der Waals surface area contributed by atoms with Crippen molar-refractivity contribution in [3.63, 3.8) is 0 Å². The first-order valence-electron chi connectivity index (χ1n) is 5.72. The topological polar surface area (TPSA) is 34.1 Å². The van der Waals surface area contributed by atoms with Crippen LogP contribution < -0.4 is 0 Å². The summed E-state index contributed by atoms with van der Waals surface area (Å²) in [4.78, 5) is 24.1. The number of hydrogen-bond donors (Lipinski definition) is 0. The van der Waals surface area contributed by atoms with E-state index in [0.29, 0.717) is 16.7 Å². The Hall–Kier alpha value is -2.48. The van der Waals surface area contributed by atoms with E-state index in [1.165, 1.54) is 6.08 Å². The van der Waals surface area contributed by atoms with Crippen LogP contribution in [0.5, 0.6) is 0 Å². The zero-order valence-corrected chi connectivity index (χ0v) is 9.59. The fraction of sp³-hybridized carbons (Fsp3) is 0. The van der Waals surface area contributed by atoms with Crippen molar-refractivity contribution in [2.75, 3.05) is 0 Å². The lowest BCUT2D eigenvalue weighted by Gasteiger charge is -2.03. The maximum absolute atomic E-state index is 12.3. The van der Waals surface area contributed by atoms with E-state index in [2.05, 4.69) is 0 Å². The standard InChI is InChI=1S/C16H10O2/c17-15-10-14(12-8-4-5-9-13(12)15)16(18)11-6-2-1-3-7-11/h1-10H. The molecule has 0 heterocycles. The lowest BCUT2D eigenvalue weighted by molar-refractivity contribution is 0.103. The van der Waals surface area contributed by atoms with E-state index in [-0.39, 0.29) is 11.6 Å². The van der Waals surface area contributed by atoms with Gasteiger partial charge in [0.1, 0.15) is 0 Å². The van der Waals surface area contributed by atoms with Crippen molar-refractivity contribution < 1.29 is 9.59 Å². The molecule has 0 spiro atoms. The third-order valence-electron chi connectivity index (χ3n) is 3.04. The first-order valence-corrected chi connectivity index (χ1v) is 5.72. The van der Waals surface area contributed by atoms with E-state index in [4.69, 9.17) is 0 Å². The van der Waals surface area contributed by atoms with E-state index in [9.17, 15) is 9.59 Å². The molecule has 0 fully saturated rings. The van der Waals surface area contributed by atoms with Crippen molar-refractivity contribution in [1.29, 1.82) is 0 Å². The third kappa shape index (κ3) is 1.59. The van der Waals surface area contributed by atoms with Gasteiger partial charge in [-0.15, -0.1) is 0 Å². The first kappa shape index (κ1) is 10.7. The molecule has 2 aromatic carbocycles. The largest absolute Gasteiger partial charge is 0.289 e. The number of ketones is 2. The number of Topliss-reactive ketones (excluding diaryl/α,β-unsaturated/α-hetero) is 1. The van der Waals surface area contributed by atoms with Crippen LogP contribution in [-0.2, 0) is 0 Å². The highest BCUT2D eigenvalue weighted by Crippen LogP contribution is 2.29. The zero-order chi connectivity index (χ0) is 12.5. The van der Waals surface area contributed by atoms with Gasteiger partial charge in [0.2, 0.25) is 0 Å². The van der Waals surface area contributed by atoms with Gasteiger partial charge in [-0.25, -0.2) is 0 Å². The van der Waals surface area contributed by atoms with Gasteiger partial charge in [0.05, 0.1) is 0 Å². The van der Waals surface area contributed by atoms with Crippen molar-refractivity contribution >= 4 is 17.1 Å². The Morgan fingerprint density at radius 1 is 0.778 bits per heavy atom. The van der Waals surface area contributed by atoms with Crippen LogP contribution in [0.15, 0.2) is 60.7 Å². The summed E-state index contributed by atoms with van der Waals surface area (Å²) in [6, 6.07) is 16.2. The SMILES string of the molecule is O=C(C1=CC(=O)c2ccccc21)c1ccccc1. The molecule has 0 aliphatic heterocycles. The molecule has 0 bridgehead atoms. The summed E-state index contributed by atoms with van der Waals surface area (Å²) in [5.74, 6) is -0.196. The maximum Gasteiger partial charge on any atom is 0.193 e. The maximum atomic E-state index is 12.3. The van der Waals surface area contributed by atoms with Gasteiger partial charge in [0.25, 0.3) is 0 Å². The molecule has 2 heteroatoms. The lowest BCUT2D eigenvalue weighted by atomic mass is 9.98. The Morgan fingerprint density at radius 2 is 1.39 bits per heavy atom. The average Bonchev–Trinajstić information content (AvgIpc) is 2.77. The van der Waals surface area contributed by atoms with Crippen LogP contribution in [0, 0.1) is 0 Å². The summed E-state index contributed by atoms with van der Waals surface area (Å²) >= 11 is 0. The Labute approximate surface area is 105 Å². The summed E-state index contributed by atoms with van der Waals surface area (Å²) < 4.78 is 0. The van der Waals surface area contributed by atoms with Gasteiger partial charge in [-0.05, 0) is 11.6 Å². The van der Waals surface area contributed by atoms with E-state index < -0.39 is 0 Å². The fourth-order valence-electron chi connectivity index (χ4n) is 2.15. The van der Waals surface area contributed by atoms with Crippen LogP contribution in [0.3, 0.4) is 0 Å². The molecular formula is C16H10O2. The molecule has 18 heavy (non-hydrogen) atoms. The highest BCUT2D eigenvalue weighted by Gasteiger charge is 2.25. The summed E-state index contributed by atoms with van der Waals surface area (Å²) in [7, 11) is 0. The van der Waals surface area contributed by atoms with Crippen LogP contribution in [0.4, 0.5) is 0 Å². The molecule has 0 N–H and O–H groups in total. The Bertz CT molecular complexity index is 667. The van der Waals surface area contributed by atoms with Crippen molar-refractivity contribution in [1.82, 2.24) is 0 Å². The van der Waals surface area contributed by atoms with Gasteiger partial charge in [-0.1, -0.05) is 54.6 Å². The van der Waals surface area contributed by atoms with Gasteiger partial charge in [0, 0.05) is 16.7 Å². The van der Waals surface area contributed by atoms with E-state index in [0.717, 1.165) is 5.56 Å². The second-order valence-corrected chi connectivity index (χ2v) is 4.16. The second-order valence-electron chi connectivity index (χ2n) is 4.16. The molecule has 0 saturated carbocycles. The van der Waals surface area contributed by atoms with Gasteiger partial charge in [0.15, 0.2) is 11.6 Å². The predicted octanol–water partition coefficient (Wildman–Crippen LogP) is 3.15. The minimum Gasteiger partial charge on any atom is -0.289 e. The molecule has 1 aliphatic carbocycles. The normalized spacial score (nSPS) is 13.1. The molecule has 0 aromatic heterocycles. The first-order chi connectivity index (χ1) is 8.77. The molecule has 0 atom stereocenters. The Morgan fingerprint density at radius 3 is 2.11 bits per heavy atom. The van der Waals surface area contributed by atoms with Crippen LogP contribution >= 0.6 is 0 Å². The van der Waals surface area contributed by atoms with Crippen molar-refractivity contribution in [3.05, 3.63) is 77.4 Å². The number of fused-ring (bicyclic) bond motifs is 1. The monoisotopic (exact) mass is 234 g/mol. The number of rotatable bonds is 2. The fourth-order valence-corrected chi connectivity index (χ4v) is 2.15. The van der Waals surface area contributed by atoms with Gasteiger partial charge < -0.3 is 0 Å². The number of benzene rings is 2. The predicted molar refractivity (Wildman–Crippen MR) is 69.5 cm³/mol. The van der Waals surface area contributed by atoms with Crippen molar-refractivity contribution in [2.45, 2.75) is 0 Å². The zero-order valence-electron chi connectivity index (χ0n) is 9.59. The molecular weight excluding hydrogens is 224 g/mol. The third-order valence-corrected chi connectivity index (χ3v) is 3.04. The Balaban J connectivity index is 2.08. The van der Waals surface area contributed by atoms with E-state index >= 15 is 0 Å². The van der Waals surface area contributed by atoms with Crippen LogP contribution in [0.25, 0.3) is 5.57 Å². The van der Waals surface area contributed by atoms with Crippen LogP contribution in [-0.4, -0.2) is 11.6 Å². The number of carbonyl (C=O) groups is 2. The number of allylic oxidation sites excluding steroid dienone is 2. The quantitative estimate of drug-likeness (QED) is 0.748. The molecule has 0 amide bonds. The summed E-state index contributed by atoms with van der Waals surface area (Å²) in [5.41, 5.74) is 2.43. The van der Waals surface area contributed by atoms with E-state index in [1.807, 2.05) is 30.3 Å². The molecule has 2 nitrogen and oxygen atoms in total. The summed E-state index contributed by atoms with van der Waals surface area (Å²) in [6.45, 7) is 0. The van der Waals surface area contributed by atoms with Crippen LogP contribution in [0.1, 0.15) is 26.3 Å². The minimum absolute atomic E-state index is 0.0927. The van der Waals surface area contributed by atoms with Crippen molar-refractivity contribution in [2.24, 2.45) is 0 Å². The molecule has 2 aromatic rings. The lowest BCUT2D eigenvalue weighted by Crippen LogP contribution is -2.01. The second kappa shape index (κ2) is 4.08. The Kier molecular flexibility index (Phi) is 2.41. The highest BCUT2D eigenvalue weighted by molar-refractivity contribution is 6.37. The molecule has 0 unspecified atom stereocenters. The number of carbonyl (C=O) groups excluding carboxylic acids is 2. The van der Waals surface area contributed by atoms with Gasteiger partial charge >= 0.3 is 0 Å². The highest BCUT2D eigenvalue weighted by atomic mass is 16.1. The molecule has 86 valence electrons. The van der Waals surface area contributed by atoms with Gasteiger partial charge in [-0.3, -0.25) is 9.59 Å². The molecule has 3 rings (SSSR count). The average molecular weight is 234 g/mol. The molecule has 0 radical (unpaired) electrons. The minimum atomic E-state index is -0.103. The van der Waals surface area contributed by atoms with Crippen LogP contribution in [0.2, 0.25) is 0 Å². The number of hydrogen-bond acceptors (Lipinski definition) is 2.